The standard InChI is InChI=1S/C22H26N4O5/c1-3-14(2)25-19(27)13-30-20(28)12-15-4-10-18(11-5-15)31-21(29)16-6-8-17(9-7-16)26-22(23)24/h4-11,14H,3,12-13H2,1-2H3,(H,25,27)(H4,23,24,26). The Bertz CT molecular complexity index is 935. The topological polar surface area (TPSA) is 146 Å². The summed E-state index contributed by atoms with van der Waals surface area (Å²) in [5.41, 5.74) is 12.1. The Balaban J connectivity index is 1.84. The molecule has 2 aromatic carbocycles. The van der Waals surface area contributed by atoms with E-state index >= 15 is 0 Å². The van der Waals surface area contributed by atoms with Gasteiger partial charge in [0.2, 0.25) is 0 Å². The second kappa shape index (κ2) is 11.3. The van der Waals surface area contributed by atoms with Gasteiger partial charge in [-0.05, 0) is 55.3 Å². The largest absolute Gasteiger partial charge is 0.455 e. The van der Waals surface area contributed by atoms with Gasteiger partial charge in [0.25, 0.3) is 5.91 Å². The first-order valence-electron chi connectivity index (χ1n) is 9.72. The molecule has 5 N–H and O–H groups in total. The van der Waals surface area contributed by atoms with Crippen LogP contribution in [0.5, 0.6) is 5.75 Å². The van der Waals surface area contributed by atoms with E-state index in [1.807, 2.05) is 13.8 Å². The van der Waals surface area contributed by atoms with Gasteiger partial charge in [-0.2, -0.15) is 0 Å². The fourth-order valence-corrected chi connectivity index (χ4v) is 2.44. The van der Waals surface area contributed by atoms with Crippen molar-refractivity contribution >= 4 is 29.5 Å². The first-order valence-corrected chi connectivity index (χ1v) is 9.72. The summed E-state index contributed by atoms with van der Waals surface area (Å²) in [6.45, 7) is 3.50. The Labute approximate surface area is 180 Å². The molecular formula is C22H26N4O5. The SMILES string of the molecule is CCC(C)NC(=O)COC(=O)Cc1ccc(OC(=O)c2ccc(N=C(N)N)cc2)cc1. The number of esters is 2. The molecule has 1 unspecified atom stereocenters. The number of carbonyl (C=O) groups is 3. The molecule has 0 aliphatic heterocycles. The number of nitrogens with one attached hydrogen (secondary N) is 1. The summed E-state index contributed by atoms with van der Waals surface area (Å²) < 4.78 is 10.3. The van der Waals surface area contributed by atoms with Gasteiger partial charge >= 0.3 is 11.9 Å². The van der Waals surface area contributed by atoms with Crippen LogP contribution in [-0.2, 0) is 20.7 Å². The highest BCUT2D eigenvalue weighted by molar-refractivity contribution is 5.91. The lowest BCUT2D eigenvalue weighted by Crippen LogP contribution is -2.35. The summed E-state index contributed by atoms with van der Waals surface area (Å²) in [5, 5.41) is 2.72. The van der Waals surface area contributed by atoms with Crippen molar-refractivity contribution in [3.8, 4) is 5.75 Å². The molecular weight excluding hydrogens is 400 g/mol. The van der Waals surface area contributed by atoms with E-state index < -0.39 is 11.9 Å². The third kappa shape index (κ3) is 8.17. The zero-order valence-electron chi connectivity index (χ0n) is 17.5. The lowest BCUT2D eigenvalue weighted by molar-refractivity contribution is -0.148. The minimum absolute atomic E-state index is 0.00289. The molecule has 0 aliphatic rings. The summed E-state index contributed by atoms with van der Waals surface area (Å²) in [7, 11) is 0. The number of guanidine groups is 1. The van der Waals surface area contributed by atoms with Crippen LogP contribution < -0.4 is 21.5 Å². The first kappa shape index (κ1) is 23.4. The van der Waals surface area contributed by atoms with Crippen LogP contribution in [-0.4, -0.2) is 36.5 Å². The minimum Gasteiger partial charge on any atom is -0.455 e. The molecule has 0 radical (unpaired) electrons. The van der Waals surface area contributed by atoms with Crippen LogP contribution >= 0.6 is 0 Å². The van der Waals surface area contributed by atoms with E-state index in [9.17, 15) is 14.4 Å². The van der Waals surface area contributed by atoms with E-state index in [2.05, 4.69) is 10.3 Å². The number of aliphatic imine (C=N–C) groups is 1. The van der Waals surface area contributed by atoms with Crippen LogP contribution in [0.1, 0.15) is 36.2 Å². The molecule has 31 heavy (non-hydrogen) atoms. The van der Waals surface area contributed by atoms with Crippen molar-refractivity contribution in [2.45, 2.75) is 32.7 Å². The lowest BCUT2D eigenvalue weighted by atomic mass is 10.1. The maximum Gasteiger partial charge on any atom is 0.343 e. The van der Waals surface area contributed by atoms with Crippen LogP contribution in [0.4, 0.5) is 5.69 Å². The number of nitrogens with two attached hydrogens (primary N) is 2. The van der Waals surface area contributed by atoms with Crippen molar-refractivity contribution in [2.24, 2.45) is 16.5 Å². The van der Waals surface area contributed by atoms with E-state index in [0.29, 0.717) is 22.6 Å². The molecule has 0 saturated heterocycles. The monoisotopic (exact) mass is 426 g/mol. The molecule has 9 nitrogen and oxygen atoms in total. The number of nitrogens with zero attached hydrogens (tertiary/aromatic N) is 1. The van der Waals surface area contributed by atoms with Gasteiger partial charge in [-0.3, -0.25) is 9.59 Å². The summed E-state index contributed by atoms with van der Waals surface area (Å²) in [6, 6.07) is 12.7. The molecule has 0 aliphatic carbocycles. The van der Waals surface area contributed by atoms with Crippen molar-refractivity contribution in [2.75, 3.05) is 6.61 Å². The van der Waals surface area contributed by atoms with E-state index in [4.69, 9.17) is 20.9 Å². The maximum atomic E-state index is 12.2. The van der Waals surface area contributed by atoms with Gasteiger partial charge in [0.1, 0.15) is 5.75 Å². The predicted molar refractivity (Wildman–Crippen MR) is 116 cm³/mol. The Kier molecular flexibility index (Phi) is 8.56. The molecule has 0 spiro atoms. The number of amides is 1. The Hall–Kier alpha value is -3.88. The molecule has 0 heterocycles. The van der Waals surface area contributed by atoms with Gasteiger partial charge in [0.15, 0.2) is 12.6 Å². The highest BCUT2D eigenvalue weighted by Gasteiger charge is 2.12. The number of hydrogen-bond donors (Lipinski definition) is 3. The second-order valence-corrected chi connectivity index (χ2v) is 6.83. The van der Waals surface area contributed by atoms with E-state index in [0.717, 1.165) is 6.42 Å². The second-order valence-electron chi connectivity index (χ2n) is 6.83. The number of hydrogen-bond acceptors (Lipinski definition) is 6. The zero-order chi connectivity index (χ0) is 22.8. The average molecular weight is 426 g/mol. The summed E-state index contributed by atoms with van der Waals surface area (Å²) in [6.07, 6.45) is 0.789. The molecule has 0 saturated carbocycles. The van der Waals surface area contributed by atoms with Crippen LogP contribution in [0.2, 0.25) is 0 Å². The third-order valence-corrected chi connectivity index (χ3v) is 4.23. The zero-order valence-corrected chi connectivity index (χ0v) is 17.5. The molecule has 0 aromatic heterocycles. The molecule has 2 aromatic rings. The molecule has 9 heteroatoms. The fourth-order valence-electron chi connectivity index (χ4n) is 2.44. The van der Waals surface area contributed by atoms with Gasteiger partial charge < -0.3 is 26.3 Å². The summed E-state index contributed by atoms with van der Waals surface area (Å²) in [5.74, 6) is -1.16. The molecule has 164 valence electrons. The van der Waals surface area contributed by atoms with Gasteiger partial charge in [-0.25, -0.2) is 9.79 Å². The fraction of sp³-hybridized carbons (Fsp3) is 0.273. The van der Waals surface area contributed by atoms with Crippen LogP contribution in [0.15, 0.2) is 53.5 Å². The first-order chi connectivity index (χ1) is 14.8. The number of benzene rings is 2. The minimum atomic E-state index is -0.546. The van der Waals surface area contributed by atoms with Crippen LogP contribution in [0, 0.1) is 0 Å². The normalized spacial score (nSPS) is 11.2. The number of rotatable bonds is 9. The van der Waals surface area contributed by atoms with Crippen molar-refractivity contribution in [3.05, 3.63) is 59.7 Å². The van der Waals surface area contributed by atoms with Crippen LogP contribution in [0.25, 0.3) is 0 Å². The molecule has 0 bridgehead atoms. The number of carbonyl (C=O) groups excluding carboxylic acids is 3. The van der Waals surface area contributed by atoms with Crippen molar-refractivity contribution in [1.29, 1.82) is 0 Å². The molecule has 0 fully saturated rings. The highest BCUT2D eigenvalue weighted by atomic mass is 16.5. The quantitative estimate of drug-likeness (QED) is 0.240. The summed E-state index contributed by atoms with van der Waals surface area (Å²) in [4.78, 5) is 39.7. The van der Waals surface area contributed by atoms with Crippen molar-refractivity contribution < 1.29 is 23.9 Å². The van der Waals surface area contributed by atoms with Crippen LogP contribution in [0.3, 0.4) is 0 Å². The predicted octanol–water partition coefficient (Wildman–Crippen LogP) is 1.81. The maximum absolute atomic E-state index is 12.2. The van der Waals surface area contributed by atoms with Crippen molar-refractivity contribution in [1.82, 2.24) is 5.32 Å². The van der Waals surface area contributed by atoms with E-state index in [1.54, 1.807) is 48.5 Å². The highest BCUT2D eigenvalue weighted by Crippen LogP contribution is 2.17. The summed E-state index contributed by atoms with van der Waals surface area (Å²) >= 11 is 0. The lowest BCUT2D eigenvalue weighted by Gasteiger charge is -2.11. The smallest absolute Gasteiger partial charge is 0.343 e. The Morgan fingerprint density at radius 3 is 2.26 bits per heavy atom. The van der Waals surface area contributed by atoms with Gasteiger partial charge in [-0.1, -0.05) is 19.1 Å². The Morgan fingerprint density at radius 2 is 1.68 bits per heavy atom. The van der Waals surface area contributed by atoms with E-state index in [-0.39, 0.29) is 30.9 Å². The van der Waals surface area contributed by atoms with Crippen molar-refractivity contribution in [3.63, 3.8) is 0 Å². The average Bonchev–Trinajstić information content (AvgIpc) is 2.73. The molecule has 1 atom stereocenters. The van der Waals surface area contributed by atoms with Gasteiger partial charge in [0.05, 0.1) is 17.7 Å². The Morgan fingerprint density at radius 1 is 1.03 bits per heavy atom. The van der Waals surface area contributed by atoms with Gasteiger partial charge in [-0.15, -0.1) is 0 Å². The molecule has 1 amide bonds. The molecule has 2 rings (SSSR count). The van der Waals surface area contributed by atoms with E-state index in [1.165, 1.54) is 0 Å². The number of ether oxygens (including phenoxy) is 2. The third-order valence-electron chi connectivity index (χ3n) is 4.23. The van der Waals surface area contributed by atoms with Gasteiger partial charge in [0, 0.05) is 6.04 Å².